The number of rotatable bonds is 5. The summed E-state index contributed by atoms with van der Waals surface area (Å²) in [7, 11) is 1.55. The molecule has 0 aromatic heterocycles. The van der Waals surface area contributed by atoms with Crippen molar-refractivity contribution in [2.24, 2.45) is 0 Å². The zero-order chi connectivity index (χ0) is 11.3. The van der Waals surface area contributed by atoms with Crippen molar-refractivity contribution in [3.05, 3.63) is 30.4 Å². The van der Waals surface area contributed by atoms with Crippen LogP contribution in [0.1, 0.15) is 30.6 Å². The number of ether oxygens (including phenoxy) is 2. The van der Waals surface area contributed by atoms with Crippen molar-refractivity contribution in [1.29, 1.82) is 0 Å². The SMILES string of the molecule is CC[CH]Oc1ccc(C(C)=O)cc1OC. The number of benzene rings is 1. The molecule has 0 atom stereocenters. The lowest BCUT2D eigenvalue weighted by Gasteiger charge is -2.10. The first-order chi connectivity index (χ1) is 7.19. The van der Waals surface area contributed by atoms with Crippen molar-refractivity contribution in [2.45, 2.75) is 20.3 Å². The first kappa shape index (κ1) is 11.6. The lowest BCUT2D eigenvalue weighted by Crippen LogP contribution is -1.97. The van der Waals surface area contributed by atoms with E-state index in [-0.39, 0.29) is 5.78 Å². The Hall–Kier alpha value is -1.51. The molecule has 1 aromatic rings. The zero-order valence-corrected chi connectivity index (χ0v) is 9.24. The molecule has 0 N–H and O–H groups in total. The molecule has 1 rings (SSSR count). The first-order valence-corrected chi connectivity index (χ1v) is 4.86. The highest BCUT2D eigenvalue weighted by atomic mass is 16.5. The monoisotopic (exact) mass is 207 g/mol. The van der Waals surface area contributed by atoms with Gasteiger partial charge in [-0.25, -0.2) is 0 Å². The van der Waals surface area contributed by atoms with Gasteiger partial charge in [0.2, 0.25) is 0 Å². The summed E-state index contributed by atoms with van der Waals surface area (Å²) in [6.07, 6.45) is 0.817. The molecule has 0 heterocycles. The molecule has 1 aromatic carbocycles. The number of hydrogen-bond acceptors (Lipinski definition) is 3. The third kappa shape index (κ3) is 2.98. The molecule has 1 radical (unpaired) electrons. The van der Waals surface area contributed by atoms with Gasteiger partial charge in [-0.1, -0.05) is 6.92 Å². The molecular weight excluding hydrogens is 192 g/mol. The molecule has 0 saturated heterocycles. The van der Waals surface area contributed by atoms with E-state index in [1.165, 1.54) is 6.92 Å². The van der Waals surface area contributed by atoms with Crippen molar-refractivity contribution in [3.63, 3.8) is 0 Å². The van der Waals surface area contributed by atoms with E-state index in [1.54, 1.807) is 31.9 Å². The van der Waals surface area contributed by atoms with Gasteiger partial charge < -0.3 is 9.47 Å². The molecule has 0 amide bonds. The molecular formula is C12H15O3. The van der Waals surface area contributed by atoms with Crippen molar-refractivity contribution in [1.82, 2.24) is 0 Å². The highest BCUT2D eigenvalue weighted by molar-refractivity contribution is 5.94. The lowest BCUT2D eigenvalue weighted by molar-refractivity contribution is 0.101. The van der Waals surface area contributed by atoms with Crippen LogP contribution in [0.2, 0.25) is 0 Å². The Balaban J connectivity index is 2.93. The van der Waals surface area contributed by atoms with Gasteiger partial charge in [0.25, 0.3) is 0 Å². The maximum absolute atomic E-state index is 11.1. The summed E-state index contributed by atoms with van der Waals surface area (Å²) in [6.45, 7) is 5.19. The van der Waals surface area contributed by atoms with Crippen LogP contribution in [0.4, 0.5) is 0 Å². The first-order valence-electron chi connectivity index (χ1n) is 4.86. The molecule has 3 nitrogen and oxygen atoms in total. The number of ketones is 1. The molecule has 0 unspecified atom stereocenters. The average Bonchev–Trinajstić information content (AvgIpc) is 2.25. The normalized spacial score (nSPS) is 9.80. The molecule has 0 aliphatic rings. The van der Waals surface area contributed by atoms with Crippen LogP contribution in [0.25, 0.3) is 0 Å². The van der Waals surface area contributed by atoms with E-state index in [2.05, 4.69) is 0 Å². The standard InChI is InChI=1S/C12H15O3/c1-4-7-15-11-6-5-10(9(2)13)8-12(11)14-3/h5-8H,4H2,1-3H3. The molecule has 0 aliphatic heterocycles. The summed E-state index contributed by atoms with van der Waals surface area (Å²) in [5, 5.41) is 0. The van der Waals surface area contributed by atoms with Crippen molar-refractivity contribution < 1.29 is 14.3 Å². The van der Waals surface area contributed by atoms with Crippen molar-refractivity contribution in [3.8, 4) is 11.5 Å². The summed E-state index contributed by atoms with van der Waals surface area (Å²) in [4.78, 5) is 11.1. The number of Topliss-reactive ketones (excluding diaryl/α,β-unsaturated/α-hetero) is 1. The third-order valence-electron chi connectivity index (χ3n) is 1.95. The zero-order valence-electron chi connectivity index (χ0n) is 9.24. The van der Waals surface area contributed by atoms with Crippen LogP contribution >= 0.6 is 0 Å². The Bertz CT molecular complexity index is 345. The molecule has 0 aliphatic carbocycles. The number of methoxy groups -OCH3 is 1. The maximum atomic E-state index is 11.1. The molecule has 0 fully saturated rings. The third-order valence-corrected chi connectivity index (χ3v) is 1.95. The van der Waals surface area contributed by atoms with E-state index >= 15 is 0 Å². The number of carbonyl (C=O) groups is 1. The molecule has 0 spiro atoms. The fraction of sp³-hybridized carbons (Fsp3) is 0.333. The second-order valence-corrected chi connectivity index (χ2v) is 3.11. The summed E-state index contributed by atoms with van der Waals surface area (Å²) < 4.78 is 10.5. The molecule has 81 valence electrons. The molecule has 0 saturated carbocycles. The highest BCUT2D eigenvalue weighted by Gasteiger charge is 2.07. The van der Waals surface area contributed by atoms with Gasteiger partial charge in [-0.05, 0) is 31.5 Å². The van der Waals surface area contributed by atoms with E-state index in [0.29, 0.717) is 17.1 Å². The van der Waals surface area contributed by atoms with Gasteiger partial charge in [-0.3, -0.25) is 4.79 Å². The minimum atomic E-state index is 0.0133. The Morgan fingerprint density at radius 3 is 2.67 bits per heavy atom. The number of carbonyl (C=O) groups excluding carboxylic acids is 1. The Kier molecular flexibility index (Phi) is 4.16. The fourth-order valence-electron chi connectivity index (χ4n) is 1.16. The van der Waals surface area contributed by atoms with Gasteiger partial charge in [0.05, 0.1) is 7.11 Å². The van der Waals surface area contributed by atoms with Gasteiger partial charge in [-0.2, -0.15) is 0 Å². The second kappa shape index (κ2) is 5.39. The van der Waals surface area contributed by atoms with E-state index in [9.17, 15) is 4.79 Å². The van der Waals surface area contributed by atoms with Gasteiger partial charge in [0.15, 0.2) is 17.3 Å². The van der Waals surface area contributed by atoms with E-state index < -0.39 is 0 Å². The van der Waals surface area contributed by atoms with Crippen molar-refractivity contribution >= 4 is 5.78 Å². The predicted molar refractivity (Wildman–Crippen MR) is 58.2 cm³/mol. The van der Waals surface area contributed by atoms with Crippen LogP contribution in [0.15, 0.2) is 18.2 Å². The minimum absolute atomic E-state index is 0.0133. The van der Waals surface area contributed by atoms with Crippen LogP contribution < -0.4 is 9.47 Å². The summed E-state index contributed by atoms with van der Waals surface area (Å²) in [5.74, 6) is 1.22. The molecule has 3 heteroatoms. The van der Waals surface area contributed by atoms with Gasteiger partial charge in [0, 0.05) is 5.56 Å². The summed E-state index contributed by atoms with van der Waals surface area (Å²) >= 11 is 0. The van der Waals surface area contributed by atoms with Crippen LogP contribution in [0, 0.1) is 6.61 Å². The fourth-order valence-corrected chi connectivity index (χ4v) is 1.16. The van der Waals surface area contributed by atoms with Crippen LogP contribution in [0.5, 0.6) is 11.5 Å². The smallest absolute Gasteiger partial charge is 0.161 e. The number of hydrogen-bond donors (Lipinski definition) is 0. The quantitative estimate of drug-likeness (QED) is 0.696. The summed E-state index contributed by atoms with van der Waals surface area (Å²) in [6, 6.07) is 5.15. The van der Waals surface area contributed by atoms with Crippen molar-refractivity contribution in [2.75, 3.05) is 7.11 Å². The van der Waals surface area contributed by atoms with Crippen LogP contribution in [0.3, 0.4) is 0 Å². The van der Waals surface area contributed by atoms with E-state index in [0.717, 1.165) is 6.42 Å². The van der Waals surface area contributed by atoms with Crippen LogP contribution in [-0.4, -0.2) is 12.9 Å². The topological polar surface area (TPSA) is 35.5 Å². The maximum Gasteiger partial charge on any atom is 0.161 e. The van der Waals surface area contributed by atoms with Crippen LogP contribution in [-0.2, 0) is 0 Å². The Morgan fingerprint density at radius 1 is 1.40 bits per heavy atom. The van der Waals surface area contributed by atoms with Gasteiger partial charge >= 0.3 is 0 Å². The van der Waals surface area contributed by atoms with Gasteiger partial charge in [0.1, 0.15) is 6.61 Å². The molecule has 0 bridgehead atoms. The lowest BCUT2D eigenvalue weighted by atomic mass is 10.1. The highest BCUT2D eigenvalue weighted by Crippen LogP contribution is 2.28. The second-order valence-electron chi connectivity index (χ2n) is 3.11. The molecule has 15 heavy (non-hydrogen) atoms. The van der Waals surface area contributed by atoms with Gasteiger partial charge in [-0.15, -0.1) is 0 Å². The average molecular weight is 207 g/mol. The largest absolute Gasteiger partial charge is 0.493 e. The Labute approximate surface area is 90.0 Å². The van der Waals surface area contributed by atoms with E-state index in [1.807, 2.05) is 6.92 Å². The summed E-state index contributed by atoms with van der Waals surface area (Å²) in [5.41, 5.74) is 0.621. The minimum Gasteiger partial charge on any atom is -0.493 e. The Morgan fingerprint density at radius 2 is 2.13 bits per heavy atom. The van der Waals surface area contributed by atoms with E-state index in [4.69, 9.17) is 9.47 Å². The predicted octanol–water partition coefficient (Wildman–Crippen LogP) is 2.85.